The zero-order chi connectivity index (χ0) is 20.3. The van der Waals surface area contributed by atoms with Gasteiger partial charge in [0.2, 0.25) is 11.9 Å². The molecule has 1 fully saturated rings. The average Bonchev–Trinajstić information content (AvgIpc) is 3.28. The Hall–Kier alpha value is -1.94. The van der Waals surface area contributed by atoms with E-state index in [0.717, 1.165) is 43.4 Å². The van der Waals surface area contributed by atoms with Crippen LogP contribution in [-0.2, 0) is 4.79 Å². The summed E-state index contributed by atoms with van der Waals surface area (Å²) in [5.41, 5.74) is 0.727. The molecule has 6 nitrogen and oxygen atoms in total. The second-order valence-electron chi connectivity index (χ2n) is 6.39. The van der Waals surface area contributed by atoms with Crippen molar-refractivity contribution in [3.8, 4) is 5.69 Å². The van der Waals surface area contributed by atoms with E-state index >= 15 is 0 Å². The number of carbonyl (C=O) groups is 1. The zero-order valence-corrected chi connectivity index (χ0v) is 16.6. The van der Waals surface area contributed by atoms with Gasteiger partial charge in [-0.3, -0.25) is 9.36 Å². The molecule has 1 aromatic heterocycles. The number of thioether (sulfide) groups is 1. The molecular weight excluding hydrogens is 415 g/mol. The van der Waals surface area contributed by atoms with Crippen LogP contribution in [0.25, 0.3) is 5.69 Å². The van der Waals surface area contributed by atoms with Gasteiger partial charge in [-0.25, -0.2) is 0 Å². The molecule has 1 aliphatic heterocycles. The van der Waals surface area contributed by atoms with Gasteiger partial charge in [0.15, 0.2) is 5.16 Å². The molecule has 2 aromatic rings. The molecule has 2 heterocycles. The minimum absolute atomic E-state index is 0.416. The fraction of sp³-hybridized carbons (Fsp3) is 0.471. The highest BCUT2D eigenvalue weighted by Gasteiger charge is 2.30. The predicted molar refractivity (Wildman–Crippen MR) is 102 cm³/mol. The van der Waals surface area contributed by atoms with Gasteiger partial charge in [0, 0.05) is 18.1 Å². The fourth-order valence-corrected chi connectivity index (χ4v) is 3.92. The van der Waals surface area contributed by atoms with Crippen LogP contribution < -0.4 is 10.2 Å². The van der Waals surface area contributed by atoms with Gasteiger partial charge in [-0.1, -0.05) is 29.4 Å². The number of alkyl halides is 3. The maximum atomic E-state index is 12.3. The van der Waals surface area contributed by atoms with E-state index in [1.165, 1.54) is 6.92 Å². The number of hydrogen-bond acceptors (Lipinski definition) is 5. The van der Waals surface area contributed by atoms with E-state index < -0.39 is 23.9 Å². The van der Waals surface area contributed by atoms with Crippen LogP contribution in [0.1, 0.15) is 19.8 Å². The molecule has 28 heavy (non-hydrogen) atoms. The Balaban J connectivity index is 1.85. The molecule has 152 valence electrons. The van der Waals surface area contributed by atoms with Gasteiger partial charge >= 0.3 is 6.18 Å². The number of anilines is 1. The molecule has 0 radical (unpaired) electrons. The van der Waals surface area contributed by atoms with Crippen LogP contribution in [0.3, 0.4) is 0 Å². The lowest BCUT2D eigenvalue weighted by Crippen LogP contribution is -2.38. The van der Waals surface area contributed by atoms with Crippen LogP contribution >= 0.6 is 23.4 Å². The van der Waals surface area contributed by atoms with Gasteiger partial charge in [0.05, 0.1) is 10.9 Å². The summed E-state index contributed by atoms with van der Waals surface area (Å²) in [7, 11) is 0. The number of carbonyl (C=O) groups excluding carboxylic acids is 1. The number of hydrogen-bond donors (Lipinski definition) is 1. The highest BCUT2D eigenvalue weighted by atomic mass is 35.5. The largest absolute Gasteiger partial charge is 0.405 e. The summed E-state index contributed by atoms with van der Waals surface area (Å²) in [6.07, 6.45) is -2.37. The first-order chi connectivity index (χ1) is 13.2. The minimum atomic E-state index is -4.45. The number of rotatable bonds is 6. The summed E-state index contributed by atoms with van der Waals surface area (Å²) < 4.78 is 38.8. The molecule has 1 saturated heterocycles. The van der Waals surface area contributed by atoms with Crippen molar-refractivity contribution in [3.63, 3.8) is 0 Å². The number of nitrogens with zero attached hydrogens (tertiary/aromatic N) is 4. The van der Waals surface area contributed by atoms with Crippen LogP contribution in [0.2, 0.25) is 5.02 Å². The Morgan fingerprint density at radius 3 is 2.68 bits per heavy atom. The number of halogens is 4. The third-order valence-electron chi connectivity index (χ3n) is 4.19. The van der Waals surface area contributed by atoms with Crippen molar-refractivity contribution in [2.24, 2.45) is 0 Å². The normalized spacial score (nSPS) is 15.7. The van der Waals surface area contributed by atoms with Crippen molar-refractivity contribution in [2.75, 3.05) is 24.5 Å². The number of aromatic nitrogens is 3. The average molecular weight is 434 g/mol. The van der Waals surface area contributed by atoms with Gasteiger partial charge < -0.3 is 10.2 Å². The number of amides is 1. The second kappa shape index (κ2) is 8.60. The van der Waals surface area contributed by atoms with E-state index in [1.54, 1.807) is 22.8 Å². The van der Waals surface area contributed by atoms with Crippen LogP contribution in [0, 0.1) is 0 Å². The molecule has 1 amide bonds. The Labute approximate surface area is 169 Å². The Bertz CT molecular complexity index is 838. The molecule has 0 bridgehead atoms. The quantitative estimate of drug-likeness (QED) is 0.704. The molecule has 0 spiro atoms. The second-order valence-corrected chi connectivity index (χ2v) is 8.13. The van der Waals surface area contributed by atoms with Crippen molar-refractivity contribution in [3.05, 3.63) is 29.3 Å². The molecule has 1 N–H and O–H groups in total. The third kappa shape index (κ3) is 5.11. The summed E-state index contributed by atoms with van der Waals surface area (Å²) in [6.45, 7) is 1.84. The number of benzene rings is 1. The highest BCUT2D eigenvalue weighted by molar-refractivity contribution is 8.00. The minimum Gasteiger partial charge on any atom is -0.346 e. The first-order valence-corrected chi connectivity index (χ1v) is 9.98. The fourth-order valence-electron chi connectivity index (χ4n) is 2.84. The van der Waals surface area contributed by atoms with Crippen LogP contribution in [-0.4, -0.2) is 51.7 Å². The first-order valence-electron chi connectivity index (χ1n) is 8.72. The third-order valence-corrected chi connectivity index (χ3v) is 5.46. The molecule has 0 saturated carbocycles. The zero-order valence-electron chi connectivity index (χ0n) is 15.0. The van der Waals surface area contributed by atoms with Gasteiger partial charge in [-0.15, -0.1) is 10.2 Å². The van der Waals surface area contributed by atoms with Crippen LogP contribution in [0.15, 0.2) is 29.4 Å². The molecule has 11 heteroatoms. The lowest BCUT2D eigenvalue weighted by atomic mass is 10.3. The lowest BCUT2D eigenvalue weighted by Gasteiger charge is -2.19. The summed E-state index contributed by atoms with van der Waals surface area (Å²) in [5.74, 6) is -0.0872. The van der Waals surface area contributed by atoms with Crippen molar-refractivity contribution in [1.29, 1.82) is 0 Å². The molecule has 3 rings (SSSR count). The summed E-state index contributed by atoms with van der Waals surface area (Å²) in [6, 6.07) is 7.13. The monoisotopic (exact) mass is 433 g/mol. The summed E-state index contributed by atoms with van der Waals surface area (Å²) in [5, 5.41) is 10.5. The SMILES string of the molecule is C[C@@H](Sc1nnc(N2CCCC2)n1-c1cccc(Cl)c1)C(=O)NCC(F)(F)F. The molecule has 0 unspecified atom stereocenters. The van der Waals surface area contributed by atoms with E-state index in [0.29, 0.717) is 16.1 Å². The van der Waals surface area contributed by atoms with Gasteiger partial charge in [-0.2, -0.15) is 13.2 Å². The molecule has 1 atom stereocenters. The van der Waals surface area contributed by atoms with E-state index in [9.17, 15) is 18.0 Å². The lowest BCUT2D eigenvalue weighted by molar-refractivity contribution is -0.137. The van der Waals surface area contributed by atoms with Gasteiger partial charge in [-0.05, 0) is 38.0 Å². The molecule has 1 aromatic carbocycles. The Kier molecular flexibility index (Phi) is 6.39. The predicted octanol–water partition coefficient (Wildman–Crippen LogP) is 3.68. The van der Waals surface area contributed by atoms with Crippen molar-refractivity contribution in [2.45, 2.75) is 36.3 Å². The standard InChI is InChI=1S/C17H19ClF3N5OS/c1-11(14(27)22-10-17(19,20)21)28-16-24-23-15(25-7-2-3-8-25)26(16)13-6-4-5-12(18)9-13/h4-6,9,11H,2-3,7-8,10H2,1H3,(H,22,27)/t11-/m1/s1. The van der Waals surface area contributed by atoms with Crippen molar-refractivity contribution < 1.29 is 18.0 Å². The topological polar surface area (TPSA) is 63.1 Å². The van der Waals surface area contributed by atoms with Gasteiger partial charge in [0.1, 0.15) is 6.54 Å². The van der Waals surface area contributed by atoms with E-state index in [2.05, 4.69) is 15.1 Å². The van der Waals surface area contributed by atoms with Crippen LogP contribution in [0.4, 0.5) is 19.1 Å². The molecule has 1 aliphatic rings. The van der Waals surface area contributed by atoms with Gasteiger partial charge in [0.25, 0.3) is 0 Å². The Morgan fingerprint density at radius 2 is 2.04 bits per heavy atom. The number of nitrogens with one attached hydrogen (secondary N) is 1. The van der Waals surface area contributed by atoms with Crippen molar-refractivity contribution >= 4 is 35.2 Å². The van der Waals surface area contributed by atoms with E-state index in [1.807, 2.05) is 11.4 Å². The van der Waals surface area contributed by atoms with E-state index in [-0.39, 0.29) is 0 Å². The van der Waals surface area contributed by atoms with Crippen LogP contribution in [0.5, 0.6) is 0 Å². The summed E-state index contributed by atoms with van der Waals surface area (Å²) >= 11 is 7.17. The summed E-state index contributed by atoms with van der Waals surface area (Å²) in [4.78, 5) is 14.1. The first kappa shape index (κ1) is 20.8. The maximum Gasteiger partial charge on any atom is 0.405 e. The highest BCUT2D eigenvalue weighted by Crippen LogP contribution is 2.31. The smallest absolute Gasteiger partial charge is 0.346 e. The molecule has 0 aliphatic carbocycles. The Morgan fingerprint density at radius 1 is 1.32 bits per heavy atom. The van der Waals surface area contributed by atoms with Crippen molar-refractivity contribution in [1.82, 2.24) is 20.1 Å². The maximum absolute atomic E-state index is 12.3. The molecular formula is C17H19ClF3N5OS. The van der Waals surface area contributed by atoms with E-state index in [4.69, 9.17) is 11.6 Å².